The number of amides is 1. The molecule has 0 heterocycles. The Bertz CT molecular complexity index is 518. The van der Waals surface area contributed by atoms with Gasteiger partial charge < -0.3 is 10.4 Å². The minimum Gasteiger partial charge on any atom is -0.388 e. The highest BCUT2D eigenvalue weighted by molar-refractivity contribution is 5.87. The molecule has 0 saturated carbocycles. The Balaban J connectivity index is 3.92. The number of carbonyl (C=O) groups excluding carboxylic acids is 1. The summed E-state index contributed by atoms with van der Waals surface area (Å²) in [5.41, 5.74) is -0.807. The summed E-state index contributed by atoms with van der Waals surface area (Å²) >= 11 is 0. The minimum absolute atomic E-state index is 0.190. The molecule has 0 aromatic rings. The lowest BCUT2D eigenvalue weighted by Crippen LogP contribution is -2.41. The molecule has 0 unspecified atom stereocenters. The van der Waals surface area contributed by atoms with Crippen LogP contribution in [0.25, 0.3) is 0 Å². The number of unbranched alkanes of at least 4 members (excludes halogenated alkanes) is 1. The summed E-state index contributed by atoms with van der Waals surface area (Å²) in [7, 11) is 0. The van der Waals surface area contributed by atoms with Gasteiger partial charge in [-0.15, -0.1) is 0 Å². The highest BCUT2D eigenvalue weighted by Gasteiger charge is 2.21. The quantitative estimate of drug-likeness (QED) is 0.304. The Kier molecular flexibility index (Phi) is 14.1. The molecule has 0 aromatic carbocycles. The zero-order chi connectivity index (χ0) is 18.8. The number of allylic oxidation sites excluding steroid dienone is 11. The molecule has 0 atom stereocenters. The van der Waals surface area contributed by atoms with Crippen LogP contribution in [0.1, 0.15) is 46.5 Å². The van der Waals surface area contributed by atoms with E-state index in [1.165, 1.54) is 6.08 Å². The van der Waals surface area contributed by atoms with Crippen LogP contribution in [-0.4, -0.2) is 23.2 Å². The van der Waals surface area contributed by atoms with Crippen LogP contribution < -0.4 is 5.32 Å². The van der Waals surface area contributed by atoms with Gasteiger partial charge in [-0.25, -0.2) is 0 Å². The molecule has 0 aliphatic carbocycles. The molecule has 0 saturated heterocycles. The zero-order valence-corrected chi connectivity index (χ0v) is 15.8. The van der Waals surface area contributed by atoms with Crippen LogP contribution >= 0.6 is 0 Å². The fraction of sp³-hybridized carbons (Fsp3) is 0.409. The van der Waals surface area contributed by atoms with Gasteiger partial charge in [0, 0.05) is 12.6 Å². The first-order valence-electron chi connectivity index (χ1n) is 9.02. The van der Waals surface area contributed by atoms with Gasteiger partial charge in [0.05, 0.1) is 5.60 Å². The average molecular weight is 344 g/mol. The highest BCUT2D eigenvalue weighted by atomic mass is 16.3. The first-order valence-corrected chi connectivity index (χ1v) is 9.02. The molecule has 2 N–H and O–H groups in total. The van der Waals surface area contributed by atoms with E-state index in [4.69, 9.17) is 0 Å². The van der Waals surface area contributed by atoms with Crippen molar-refractivity contribution in [1.82, 2.24) is 5.32 Å². The van der Waals surface area contributed by atoms with Crippen LogP contribution in [0.2, 0.25) is 0 Å². The molecule has 0 bridgehead atoms. The number of hydrogen-bond acceptors (Lipinski definition) is 2. The van der Waals surface area contributed by atoms with Crippen LogP contribution in [0.3, 0.4) is 0 Å². The van der Waals surface area contributed by atoms with Crippen LogP contribution in [0, 0.1) is 0 Å². The molecule has 0 aromatic heterocycles. The average Bonchev–Trinajstić information content (AvgIpc) is 2.63. The molecule has 3 nitrogen and oxygen atoms in total. The molecule has 0 aliphatic rings. The lowest BCUT2D eigenvalue weighted by molar-refractivity contribution is -0.117. The predicted octanol–water partition coefficient (Wildman–Crippen LogP) is 4.79. The SMILES string of the molecule is CC=CC=CC=CCCC=CC=CC=CC(=O)NCC(O)(CC)CC. The smallest absolute Gasteiger partial charge is 0.244 e. The third-order valence-electron chi connectivity index (χ3n) is 3.79. The molecular weight excluding hydrogens is 310 g/mol. The van der Waals surface area contributed by atoms with Gasteiger partial charge in [0.15, 0.2) is 0 Å². The van der Waals surface area contributed by atoms with E-state index in [-0.39, 0.29) is 12.5 Å². The van der Waals surface area contributed by atoms with Crippen LogP contribution in [0.5, 0.6) is 0 Å². The second-order valence-corrected chi connectivity index (χ2v) is 5.74. The normalized spacial score (nSPS) is 13.6. The van der Waals surface area contributed by atoms with Crippen molar-refractivity contribution in [2.75, 3.05) is 6.54 Å². The van der Waals surface area contributed by atoms with Crippen molar-refractivity contribution in [1.29, 1.82) is 0 Å². The molecule has 0 fully saturated rings. The predicted molar refractivity (Wildman–Crippen MR) is 108 cm³/mol. The number of carbonyl (C=O) groups is 1. The maximum absolute atomic E-state index is 11.6. The Hall–Kier alpha value is -2.13. The number of rotatable bonds is 12. The maximum Gasteiger partial charge on any atom is 0.244 e. The van der Waals surface area contributed by atoms with Gasteiger partial charge in [-0.1, -0.05) is 80.7 Å². The summed E-state index contributed by atoms with van der Waals surface area (Å²) in [6.45, 7) is 6.10. The summed E-state index contributed by atoms with van der Waals surface area (Å²) in [5.74, 6) is -0.190. The number of nitrogens with one attached hydrogen (secondary N) is 1. The van der Waals surface area contributed by atoms with E-state index in [0.717, 1.165) is 12.8 Å². The fourth-order valence-corrected chi connectivity index (χ4v) is 1.86. The van der Waals surface area contributed by atoms with Gasteiger partial charge in [-0.3, -0.25) is 4.79 Å². The van der Waals surface area contributed by atoms with E-state index in [2.05, 4.69) is 17.5 Å². The summed E-state index contributed by atoms with van der Waals surface area (Å²) in [6, 6.07) is 0. The lowest BCUT2D eigenvalue weighted by atomic mass is 9.98. The molecule has 25 heavy (non-hydrogen) atoms. The molecule has 0 aliphatic heterocycles. The Morgan fingerprint density at radius 3 is 1.92 bits per heavy atom. The van der Waals surface area contributed by atoms with E-state index >= 15 is 0 Å². The van der Waals surface area contributed by atoms with Crippen LogP contribution in [-0.2, 0) is 4.79 Å². The molecule has 0 rings (SSSR count). The maximum atomic E-state index is 11.6. The van der Waals surface area contributed by atoms with E-state index < -0.39 is 5.60 Å². The summed E-state index contributed by atoms with van der Waals surface area (Å²) in [5, 5.41) is 12.8. The minimum atomic E-state index is -0.807. The third-order valence-corrected chi connectivity index (χ3v) is 3.79. The largest absolute Gasteiger partial charge is 0.388 e. The first kappa shape index (κ1) is 22.9. The van der Waals surface area contributed by atoms with Crippen molar-refractivity contribution in [3.05, 3.63) is 72.9 Å². The van der Waals surface area contributed by atoms with Gasteiger partial charge in [0.2, 0.25) is 5.91 Å². The molecule has 0 radical (unpaired) electrons. The number of aliphatic hydroxyl groups is 1. The monoisotopic (exact) mass is 343 g/mol. The first-order chi connectivity index (χ1) is 12.1. The molecule has 0 spiro atoms. The van der Waals surface area contributed by atoms with Crippen molar-refractivity contribution in [2.24, 2.45) is 0 Å². The molecule has 3 heteroatoms. The van der Waals surface area contributed by atoms with Gasteiger partial charge in [0.25, 0.3) is 0 Å². The lowest BCUT2D eigenvalue weighted by Gasteiger charge is -2.24. The van der Waals surface area contributed by atoms with Crippen molar-refractivity contribution < 1.29 is 9.90 Å². The fourth-order valence-electron chi connectivity index (χ4n) is 1.86. The van der Waals surface area contributed by atoms with Crippen molar-refractivity contribution in [2.45, 2.75) is 52.1 Å². The van der Waals surface area contributed by atoms with Crippen molar-refractivity contribution in [3.8, 4) is 0 Å². The Morgan fingerprint density at radius 2 is 1.40 bits per heavy atom. The zero-order valence-electron chi connectivity index (χ0n) is 15.8. The Labute approximate surface area is 153 Å². The second-order valence-electron chi connectivity index (χ2n) is 5.74. The Morgan fingerprint density at radius 1 is 0.880 bits per heavy atom. The van der Waals surface area contributed by atoms with Gasteiger partial charge in [0.1, 0.15) is 0 Å². The van der Waals surface area contributed by atoms with Crippen molar-refractivity contribution in [3.63, 3.8) is 0 Å². The van der Waals surface area contributed by atoms with E-state index in [0.29, 0.717) is 12.8 Å². The summed E-state index contributed by atoms with van der Waals surface area (Å²) in [4.78, 5) is 11.6. The molecule has 1 amide bonds. The van der Waals surface area contributed by atoms with Crippen molar-refractivity contribution >= 4 is 5.91 Å². The number of hydrogen-bond donors (Lipinski definition) is 2. The van der Waals surface area contributed by atoms with E-state index in [1.54, 1.807) is 6.08 Å². The molecular formula is C22H33NO2. The second kappa shape index (κ2) is 15.4. The van der Waals surface area contributed by atoms with Crippen LogP contribution in [0.4, 0.5) is 0 Å². The van der Waals surface area contributed by atoms with E-state index in [1.807, 2.05) is 69.4 Å². The summed E-state index contributed by atoms with van der Waals surface area (Å²) in [6.07, 6.45) is 26.4. The molecule has 138 valence electrons. The standard InChI is InChI=1S/C22H33NO2/c1-4-7-8-9-10-11-12-13-14-15-16-17-18-19-21(24)23-20-22(25,5-2)6-3/h4,7-11,14-19,25H,5-6,12-13,20H2,1-3H3,(H,23,24). The van der Waals surface area contributed by atoms with Gasteiger partial charge in [-0.05, 0) is 32.6 Å². The van der Waals surface area contributed by atoms with Gasteiger partial charge in [-0.2, -0.15) is 0 Å². The van der Waals surface area contributed by atoms with Crippen LogP contribution in [0.15, 0.2) is 72.9 Å². The summed E-state index contributed by atoms with van der Waals surface area (Å²) < 4.78 is 0. The van der Waals surface area contributed by atoms with Gasteiger partial charge >= 0.3 is 0 Å². The van der Waals surface area contributed by atoms with E-state index in [9.17, 15) is 9.90 Å². The third kappa shape index (κ3) is 14.0. The topological polar surface area (TPSA) is 49.3 Å². The highest BCUT2D eigenvalue weighted by Crippen LogP contribution is 2.12.